The molecule has 1 saturated heterocycles. The van der Waals surface area contributed by atoms with Crippen LogP contribution < -0.4 is 10.1 Å². The second kappa shape index (κ2) is 8.92. The summed E-state index contributed by atoms with van der Waals surface area (Å²) in [6.07, 6.45) is 1.13. The van der Waals surface area contributed by atoms with Crippen LogP contribution in [0.4, 0.5) is 13.2 Å². The largest absolute Gasteiger partial charge is 0.402 e. The quantitative estimate of drug-likeness (QED) is 0.424. The van der Waals surface area contributed by atoms with Crippen molar-refractivity contribution in [1.82, 2.24) is 15.2 Å². The van der Waals surface area contributed by atoms with E-state index in [0.717, 1.165) is 6.42 Å². The minimum Gasteiger partial charge on any atom is -0.243 e. The van der Waals surface area contributed by atoms with Gasteiger partial charge in [-0.2, -0.15) is 13.2 Å². The molecule has 0 aromatic heterocycles. The monoisotopic (exact) mass is 445 g/mol. The summed E-state index contributed by atoms with van der Waals surface area (Å²) >= 11 is 6.81. The van der Waals surface area contributed by atoms with Crippen molar-refractivity contribution in [2.24, 2.45) is 17.3 Å². The van der Waals surface area contributed by atoms with Crippen molar-refractivity contribution in [3.63, 3.8) is 0 Å². The molecule has 9 heteroatoms. The SMILES string of the molecule is CC/C=C/C(C)(C)[C@]1(C(C)C)C(C(C)(C)Cl)C(NS(C)=O)NN1CC(F)(F)F. The molecular formula is C19H35ClF3N3OS. The zero-order chi connectivity index (χ0) is 22.1. The average molecular weight is 446 g/mol. The number of rotatable bonds is 8. The molecule has 0 saturated carbocycles. The van der Waals surface area contributed by atoms with E-state index >= 15 is 0 Å². The van der Waals surface area contributed by atoms with Gasteiger partial charge in [-0.1, -0.05) is 46.8 Å². The van der Waals surface area contributed by atoms with Gasteiger partial charge in [-0.25, -0.2) is 19.4 Å². The summed E-state index contributed by atoms with van der Waals surface area (Å²) in [4.78, 5) is -0.869. The lowest BCUT2D eigenvalue weighted by atomic mass is 9.56. The second-order valence-electron chi connectivity index (χ2n) is 8.93. The predicted molar refractivity (Wildman–Crippen MR) is 111 cm³/mol. The maximum atomic E-state index is 13.6. The van der Waals surface area contributed by atoms with E-state index in [1.807, 2.05) is 60.6 Å². The van der Waals surface area contributed by atoms with Gasteiger partial charge in [-0.3, -0.25) is 0 Å². The molecule has 3 unspecified atom stereocenters. The molecule has 2 N–H and O–H groups in total. The third-order valence-corrected chi connectivity index (χ3v) is 6.42. The van der Waals surface area contributed by atoms with Gasteiger partial charge < -0.3 is 0 Å². The van der Waals surface area contributed by atoms with Gasteiger partial charge >= 0.3 is 6.18 Å². The van der Waals surface area contributed by atoms with E-state index < -0.39 is 51.6 Å². The topological polar surface area (TPSA) is 44.4 Å². The number of alkyl halides is 4. The van der Waals surface area contributed by atoms with Crippen molar-refractivity contribution in [3.05, 3.63) is 12.2 Å². The third-order valence-electron chi connectivity index (χ3n) is 5.60. The van der Waals surface area contributed by atoms with E-state index in [2.05, 4.69) is 10.1 Å². The molecule has 0 radical (unpaired) electrons. The van der Waals surface area contributed by atoms with Gasteiger partial charge in [0.05, 0.1) is 22.7 Å². The van der Waals surface area contributed by atoms with Crippen LogP contribution in [0.25, 0.3) is 0 Å². The smallest absolute Gasteiger partial charge is 0.243 e. The maximum Gasteiger partial charge on any atom is 0.402 e. The molecule has 166 valence electrons. The highest BCUT2D eigenvalue weighted by atomic mass is 35.5. The van der Waals surface area contributed by atoms with Crippen LogP contribution in [0.3, 0.4) is 0 Å². The van der Waals surface area contributed by atoms with Crippen LogP contribution in [0.15, 0.2) is 12.2 Å². The number of hydrogen-bond acceptors (Lipinski definition) is 3. The van der Waals surface area contributed by atoms with Crippen LogP contribution in [0, 0.1) is 17.3 Å². The lowest BCUT2D eigenvalue weighted by Crippen LogP contribution is -2.66. The molecule has 1 heterocycles. The maximum absolute atomic E-state index is 13.6. The van der Waals surface area contributed by atoms with Gasteiger partial charge in [0.25, 0.3) is 0 Å². The number of nitrogens with one attached hydrogen (secondary N) is 2. The first-order valence-electron chi connectivity index (χ1n) is 9.57. The first-order valence-corrected chi connectivity index (χ1v) is 11.5. The summed E-state index contributed by atoms with van der Waals surface area (Å²) in [5.41, 5.74) is 1.34. The van der Waals surface area contributed by atoms with Crippen LogP contribution in [0.5, 0.6) is 0 Å². The molecular weight excluding hydrogens is 411 g/mol. The fourth-order valence-corrected chi connectivity index (χ4v) is 5.87. The minimum atomic E-state index is -4.40. The van der Waals surface area contributed by atoms with Crippen LogP contribution in [-0.4, -0.2) is 44.8 Å². The first kappa shape index (κ1) is 25.9. The lowest BCUT2D eigenvalue weighted by Gasteiger charge is -2.56. The van der Waals surface area contributed by atoms with Gasteiger partial charge in [0.1, 0.15) is 6.54 Å². The van der Waals surface area contributed by atoms with E-state index in [0.29, 0.717) is 0 Å². The number of halogens is 4. The molecule has 1 rings (SSSR count). The Labute approximate surface area is 175 Å². The second-order valence-corrected chi connectivity index (χ2v) is 11.1. The Kier molecular flexibility index (Phi) is 8.25. The highest BCUT2D eigenvalue weighted by Gasteiger charge is 2.66. The predicted octanol–water partition coefficient (Wildman–Crippen LogP) is 4.60. The fourth-order valence-electron chi connectivity index (χ4n) is 5.03. The van der Waals surface area contributed by atoms with Crippen molar-refractivity contribution in [2.45, 2.75) is 77.6 Å². The number of allylic oxidation sites excluding steroid dienone is 1. The van der Waals surface area contributed by atoms with Crippen LogP contribution >= 0.6 is 11.6 Å². The molecule has 0 aliphatic carbocycles. The molecule has 1 fully saturated rings. The molecule has 0 aromatic carbocycles. The summed E-state index contributed by atoms with van der Waals surface area (Å²) in [6.45, 7) is 12.2. The molecule has 1 aliphatic rings. The van der Waals surface area contributed by atoms with E-state index in [9.17, 15) is 17.4 Å². The third kappa shape index (κ3) is 5.31. The first-order chi connectivity index (χ1) is 12.5. The van der Waals surface area contributed by atoms with Crippen molar-refractivity contribution in [2.75, 3.05) is 12.8 Å². The standard InChI is InChI=1S/C19H35ClF3N3OS/c1-9-10-11-16(4,5)19(13(2)3)14(17(6,7)20)15(25-28(8)27)24-26(19)12-18(21,22)23/h10-11,13-15,24-25H,9,12H2,1-8H3/b11-10+/t14?,15?,19-,28?/m0/s1. The highest BCUT2D eigenvalue weighted by molar-refractivity contribution is 7.82. The van der Waals surface area contributed by atoms with E-state index in [1.165, 1.54) is 11.3 Å². The molecule has 0 bridgehead atoms. The van der Waals surface area contributed by atoms with Crippen molar-refractivity contribution in [3.8, 4) is 0 Å². The van der Waals surface area contributed by atoms with Gasteiger partial charge in [0, 0.05) is 22.5 Å². The minimum absolute atomic E-state index is 0.182. The fraction of sp³-hybridized carbons (Fsp3) is 0.895. The molecule has 4 atom stereocenters. The molecule has 0 amide bonds. The Morgan fingerprint density at radius 3 is 2.18 bits per heavy atom. The lowest BCUT2D eigenvalue weighted by molar-refractivity contribution is -0.180. The summed E-state index contributed by atoms with van der Waals surface area (Å²) in [6, 6.07) is 0. The van der Waals surface area contributed by atoms with Gasteiger partial charge in [-0.15, -0.1) is 11.6 Å². The molecule has 0 aromatic rings. The molecule has 0 spiro atoms. The number of hydrazine groups is 1. The van der Waals surface area contributed by atoms with Crippen LogP contribution in [-0.2, 0) is 11.0 Å². The Hall–Kier alpha value is -0.150. The van der Waals surface area contributed by atoms with Crippen molar-refractivity contribution < 1.29 is 17.4 Å². The summed E-state index contributed by atoms with van der Waals surface area (Å²) in [5.74, 6) is -0.650. The summed E-state index contributed by atoms with van der Waals surface area (Å²) < 4.78 is 55.5. The number of nitrogens with zero attached hydrogens (tertiary/aromatic N) is 1. The Balaban J connectivity index is 3.78. The molecule has 4 nitrogen and oxygen atoms in total. The van der Waals surface area contributed by atoms with E-state index in [1.54, 1.807) is 0 Å². The number of hydrogen-bond donors (Lipinski definition) is 2. The highest BCUT2D eigenvalue weighted by Crippen LogP contribution is 2.56. The van der Waals surface area contributed by atoms with Crippen molar-refractivity contribution >= 4 is 22.6 Å². The summed E-state index contributed by atoms with van der Waals surface area (Å²) in [7, 11) is -1.42. The van der Waals surface area contributed by atoms with Crippen LogP contribution in [0.1, 0.15) is 54.9 Å². The molecule has 1 aliphatic heterocycles. The zero-order valence-electron chi connectivity index (χ0n) is 18.1. The van der Waals surface area contributed by atoms with E-state index in [-0.39, 0.29) is 5.92 Å². The van der Waals surface area contributed by atoms with Gasteiger partial charge in [-0.05, 0) is 26.2 Å². The van der Waals surface area contributed by atoms with E-state index in [4.69, 9.17) is 11.6 Å². The Morgan fingerprint density at radius 2 is 1.82 bits per heavy atom. The zero-order valence-corrected chi connectivity index (χ0v) is 19.6. The Bertz CT molecular complexity index is 590. The van der Waals surface area contributed by atoms with Crippen molar-refractivity contribution in [1.29, 1.82) is 0 Å². The average Bonchev–Trinajstić information content (AvgIpc) is 2.77. The normalized spacial score (nSPS) is 29.2. The van der Waals surface area contributed by atoms with Crippen LogP contribution in [0.2, 0.25) is 0 Å². The summed E-state index contributed by atoms with van der Waals surface area (Å²) in [5, 5.41) is 1.29. The van der Waals surface area contributed by atoms with Gasteiger partial charge in [0.15, 0.2) is 0 Å². The molecule has 28 heavy (non-hydrogen) atoms. The Morgan fingerprint density at radius 1 is 1.29 bits per heavy atom. The van der Waals surface area contributed by atoms with Gasteiger partial charge in [0.2, 0.25) is 0 Å².